The molecule has 0 aliphatic heterocycles. The van der Waals surface area contributed by atoms with Crippen LogP contribution >= 0.6 is 31.9 Å². The van der Waals surface area contributed by atoms with Crippen LogP contribution in [0, 0.1) is 0 Å². The number of ether oxygens (including phenoxy) is 1. The Labute approximate surface area is 125 Å². The van der Waals surface area contributed by atoms with Crippen molar-refractivity contribution in [1.82, 2.24) is 5.32 Å². The molecule has 1 aromatic carbocycles. The van der Waals surface area contributed by atoms with Crippen molar-refractivity contribution in [3.05, 3.63) is 32.7 Å². The van der Waals surface area contributed by atoms with E-state index in [1.165, 1.54) is 0 Å². The van der Waals surface area contributed by atoms with Gasteiger partial charge < -0.3 is 10.1 Å². The highest BCUT2D eigenvalue weighted by Gasteiger charge is 2.19. The van der Waals surface area contributed by atoms with Gasteiger partial charge in [-0.1, -0.05) is 15.9 Å². The standard InChI is InChI=1S/C13H17Br2NO2/c1-4-18-13(2,3)8-16-12(17)10-7-9(14)5-6-11(10)15/h5-7H,4,8H2,1-3H3,(H,16,17). The number of carbonyl (C=O) groups is 1. The first-order valence-electron chi connectivity index (χ1n) is 5.73. The van der Waals surface area contributed by atoms with Crippen LogP contribution in [0.3, 0.4) is 0 Å². The maximum atomic E-state index is 12.1. The topological polar surface area (TPSA) is 38.3 Å². The zero-order chi connectivity index (χ0) is 13.8. The lowest BCUT2D eigenvalue weighted by molar-refractivity contribution is -0.00815. The van der Waals surface area contributed by atoms with Crippen LogP contribution < -0.4 is 5.32 Å². The number of rotatable bonds is 5. The molecule has 0 unspecified atom stereocenters. The summed E-state index contributed by atoms with van der Waals surface area (Å²) in [6, 6.07) is 5.50. The average molecular weight is 379 g/mol. The van der Waals surface area contributed by atoms with Gasteiger partial charge in [0.1, 0.15) is 0 Å². The smallest absolute Gasteiger partial charge is 0.252 e. The molecule has 0 aliphatic carbocycles. The van der Waals surface area contributed by atoms with Crippen LogP contribution in [0.5, 0.6) is 0 Å². The van der Waals surface area contributed by atoms with E-state index in [4.69, 9.17) is 4.74 Å². The van der Waals surface area contributed by atoms with Crippen molar-refractivity contribution in [3.63, 3.8) is 0 Å². The molecule has 100 valence electrons. The Kier molecular flexibility index (Phi) is 5.82. The van der Waals surface area contributed by atoms with E-state index >= 15 is 0 Å². The molecule has 3 nitrogen and oxygen atoms in total. The van der Waals surface area contributed by atoms with Gasteiger partial charge in [0.15, 0.2) is 0 Å². The summed E-state index contributed by atoms with van der Waals surface area (Å²) >= 11 is 6.72. The number of hydrogen-bond donors (Lipinski definition) is 1. The first-order chi connectivity index (χ1) is 8.35. The molecule has 0 bridgehead atoms. The van der Waals surface area contributed by atoms with E-state index in [1.807, 2.05) is 32.9 Å². The summed E-state index contributed by atoms with van der Waals surface area (Å²) in [6.07, 6.45) is 0. The highest BCUT2D eigenvalue weighted by atomic mass is 79.9. The number of hydrogen-bond acceptors (Lipinski definition) is 2. The van der Waals surface area contributed by atoms with Crippen LogP contribution in [0.25, 0.3) is 0 Å². The molecule has 1 amide bonds. The van der Waals surface area contributed by atoms with E-state index in [1.54, 1.807) is 6.07 Å². The summed E-state index contributed by atoms with van der Waals surface area (Å²) in [4.78, 5) is 12.1. The lowest BCUT2D eigenvalue weighted by atomic mass is 10.1. The van der Waals surface area contributed by atoms with E-state index in [-0.39, 0.29) is 11.5 Å². The van der Waals surface area contributed by atoms with Crippen LogP contribution in [0.4, 0.5) is 0 Å². The minimum absolute atomic E-state index is 0.115. The summed E-state index contributed by atoms with van der Waals surface area (Å²) in [6.45, 7) is 6.94. The highest BCUT2D eigenvalue weighted by molar-refractivity contribution is 9.11. The Balaban J connectivity index is 2.69. The molecule has 0 heterocycles. The fourth-order valence-electron chi connectivity index (χ4n) is 1.50. The molecule has 1 aromatic rings. The Morgan fingerprint density at radius 3 is 2.67 bits per heavy atom. The molecule has 18 heavy (non-hydrogen) atoms. The fourth-order valence-corrected chi connectivity index (χ4v) is 2.29. The predicted molar refractivity (Wildman–Crippen MR) is 79.9 cm³/mol. The van der Waals surface area contributed by atoms with Crippen molar-refractivity contribution in [3.8, 4) is 0 Å². The molecule has 0 saturated carbocycles. The molecule has 0 aromatic heterocycles. The maximum absolute atomic E-state index is 12.1. The molecular weight excluding hydrogens is 362 g/mol. The van der Waals surface area contributed by atoms with Gasteiger partial charge in [-0.05, 0) is 54.9 Å². The third kappa shape index (κ3) is 4.71. The monoisotopic (exact) mass is 377 g/mol. The van der Waals surface area contributed by atoms with Crippen molar-refractivity contribution in [2.45, 2.75) is 26.4 Å². The number of nitrogens with one attached hydrogen (secondary N) is 1. The summed E-state index contributed by atoms with van der Waals surface area (Å²) in [5.41, 5.74) is 0.250. The van der Waals surface area contributed by atoms with E-state index in [0.29, 0.717) is 18.7 Å². The predicted octanol–water partition coefficient (Wildman–Crippen LogP) is 3.76. The summed E-state index contributed by atoms with van der Waals surface area (Å²) < 4.78 is 7.18. The molecule has 0 radical (unpaired) electrons. The Morgan fingerprint density at radius 2 is 2.06 bits per heavy atom. The van der Waals surface area contributed by atoms with E-state index in [0.717, 1.165) is 8.95 Å². The van der Waals surface area contributed by atoms with Crippen molar-refractivity contribution in [1.29, 1.82) is 0 Å². The third-order valence-corrected chi connectivity index (χ3v) is 3.57. The number of amides is 1. The number of carbonyl (C=O) groups excluding carboxylic acids is 1. The molecule has 1 rings (SSSR count). The highest BCUT2D eigenvalue weighted by Crippen LogP contribution is 2.21. The quantitative estimate of drug-likeness (QED) is 0.847. The normalized spacial score (nSPS) is 11.4. The Hall–Kier alpha value is -0.390. The van der Waals surface area contributed by atoms with E-state index in [2.05, 4.69) is 37.2 Å². The largest absolute Gasteiger partial charge is 0.374 e. The van der Waals surface area contributed by atoms with E-state index < -0.39 is 0 Å². The zero-order valence-corrected chi connectivity index (χ0v) is 13.9. The fraction of sp³-hybridized carbons (Fsp3) is 0.462. The first kappa shape index (κ1) is 15.7. The molecule has 0 atom stereocenters. The summed E-state index contributed by atoms with van der Waals surface area (Å²) in [5, 5.41) is 2.88. The van der Waals surface area contributed by atoms with Gasteiger partial charge in [-0.3, -0.25) is 4.79 Å². The van der Waals surface area contributed by atoms with Gasteiger partial charge in [-0.15, -0.1) is 0 Å². The second kappa shape index (κ2) is 6.68. The van der Waals surface area contributed by atoms with Crippen LogP contribution in [-0.4, -0.2) is 24.7 Å². The van der Waals surface area contributed by atoms with Crippen molar-refractivity contribution in [2.75, 3.05) is 13.2 Å². The van der Waals surface area contributed by atoms with Gasteiger partial charge >= 0.3 is 0 Å². The van der Waals surface area contributed by atoms with Crippen molar-refractivity contribution >= 4 is 37.8 Å². The molecule has 0 spiro atoms. The minimum Gasteiger partial charge on any atom is -0.374 e. The van der Waals surface area contributed by atoms with Gasteiger partial charge in [0.2, 0.25) is 0 Å². The Bertz CT molecular complexity index is 433. The lowest BCUT2D eigenvalue weighted by Crippen LogP contribution is -2.40. The number of benzene rings is 1. The number of halogens is 2. The molecule has 0 saturated heterocycles. The average Bonchev–Trinajstić information content (AvgIpc) is 2.29. The molecule has 5 heteroatoms. The lowest BCUT2D eigenvalue weighted by Gasteiger charge is -2.25. The van der Waals surface area contributed by atoms with Crippen molar-refractivity contribution in [2.24, 2.45) is 0 Å². The minimum atomic E-state index is -0.358. The SMILES string of the molecule is CCOC(C)(C)CNC(=O)c1cc(Br)ccc1Br. The van der Waals surface area contributed by atoms with Crippen LogP contribution in [-0.2, 0) is 4.74 Å². The van der Waals surface area contributed by atoms with Crippen LogP contribution in [0.1, 0.15) is 31.1 Å². The molecular formula is C13H17Br2NO2. The van der Waals surface area contributed by atoms with E-state index in [9.17, 15) is 4.79 Å². The van der Waals surface area contributed by atoms with Gasteiger partial charge in [0.05, 0.1) is 11.2 Å². The Morgan fingerprint density at radius 1 is 1.39 bits per heavy atom. The van der Waals surface area contributed by atoms with Gasteiger partial charge in [-0.25, -0.2) is 0 Å². The van der Waals surface area contributed by atoms with Crippen LogP contribution in [0.15, 0.2) is 27.1 Å². The van der Waals surface area contributed by atoms with Crippen LogP contribution in [0.2, 0.25) is 0 Å². The van der Waals surface area contributed by atoms with Gasteiger partial charge in [0, 0.05) is 22.1 Å². The second-order valence-corrected chi connectivity index (χ2v) is 6.27. The summed E-state index contributed by atoms with van der Waals surface area (Å²) in [5.74, 6) is -0.115. The molecule has 1 N–H and O–H groups in total. The van der Waals surface area contributed by atoms with Gasteiger partial charge in [-0.2, -0.15) is 0 Å². The second-order valence-electron chi connectivity index (χ2n) is 4.50. The maximum Gasteiger partial charge on any atom is 0.252 e. The summed E-state index contributed by atoms with van der Waals surface area (Å²) in [7, 11) is 0. The first-order valence-corrected chi connectivity index (χ1v) is 7.31. The van der Waals surface area contributed by atoms with Crippen molar-refractivity contribution < 1.29 is 9.53 Å². The zero-order valence-electron chi connectivity index (χ0n) is 10.7. The van der Waals surface area contributed by atoms with Gasteiger partial charge in [0.25, 0.3) is 5.91 Å². The molecule has 0 aliphatic rings. The molecule has 0 fully saturated rings. The third-order valence-electron chi connectivity index (χ3n) is 2.38.